The number of nitrogens with zero attached hydrogens (tertiary/aromatic N) is 1. The SMILES string of the molecule is N#Cc1ccc(CSc2ccccc2C(=O)NCCNC(=O)C2CC2)cc1. The predicted octanol–water partition coefficient (Wildman–Crippen LogP) is 3.11. The standard InChI is InChI=1S/C21H21N3O2S/c22-13-15-5-7-16(8-6-15)14-27-19-4-2-1-3-18(19)21(26)24-12-11-23-20(25)17-9-10-17/h1-8,17H,9-12,14H2,(H,23,25)(H,24,26). The van der Waals surface area contributed by atoms with Crippen LogP contribution in [-0.4, -0.2) is 24.9 Å². The summed E-state index contributed by atoms with van der Waals surface area (Å²) in [6.45, 7) is 0.855. The van der Waals surface area contributed by atoms with E-state index in [0.29, 0.717) is 30.0 Å². The molecule has 0 heterocycles. The fraction of sp³-hybridized carbons (Fsp3) is 0.286. The Morgan fingerprint density at radius 1 is 1.04 bits per heavy atom. The number of thioether (sulfide) groups is 1. The van der Waals surface area contributed by atoms with Crippen molar-refractivity contribution in [2.24, 2.45) is 5.92 Å². The molecule has 0 radical (unpaired) electrons. The van der Waals surface area contributed by atoms with E-state index in [0.717, 1.165) is 23.3 Å². The zero-order chi connectivity index (χ0) is 19.1. The van der Waals surface area contributed by atoms with Crippen molar-refractivity contribution in [3.63, 3.8) is 0 Å². The van der Waals surface area contributed by atoms with E-state index in [1.165, 1.54) is 0 Å². The molecule has 5 nitrogen and oxygen atoms in total. The molecule has 0 saturated heterocycles. The van der Waals surface area contributed by atoms with E-state index in [1.54, 1.807) is 30.0 Å². The first-order valence-electron chi connectivity index (χ1n) is 8.94. The summed E-state index contributed by atoms with van der Waals surface area (Å²) in [5.74, 6) is 0.842. The van der Waals surface area contributed by atoms with E-state index in [9.17, 15) is 9.59 Å². The lowest BCUT2D eigenvalue weighted by Crippen LogP contribution is -2.35. The fourth-order valence-electron chi connectivity index (χ4n) is 2.56. The maximum atomic E-state index is 12.5. The second-order valence-electron chi connectivity index (χ2n) is 6.41. The van der Waals surface area contributed by atoms with Crippen molar-refractivity contribution >= 4 is 23.6 Å². The lowest BCUT2D eigenvalue weighted by Gasteiger charge is -2.10. The highest BCUT2D eigenvalue weighted by atomic mass is 32.2. The first kappa shape index (κ1) is 19.0. The molecule has 1 saturated carbocycles. The van der Waals surface area contributed by atoms with Gasteiger partial charge in [-0.3, -0.25) is 9.59 Å². The van der Waals surface area contributed by atoms with Gasteiger partial charge in [0.1, 0.15) is 0 Å². The highest BCUT2D eigenvalue weighted by Gasteiger charge is 2.29. The molecule has 1 aliphatic rings. The lowest BCUT2D eigenvalue weighted by atomic mass is 10.2. The number of nitrogens with one attached hydrogen (secondary N) is 2. The molecule has 6 heteroatoms. The van der Waals surface area contributed by atoms with Crippen LogP contribution in [0.15, 0.2) is 53.4 Å². The van der Waals surface area contributed by atoms with E-state index < -0.39 is 0 Å². The highest BCUT2D eigenvalue weighted by Crippen LogP contribution is 2.28. The van der Waals surface area contributed by atoms with Crippen LogP contribution in [0.25, 0.3) is 0 Å². The number of amides is 2. The predicted molar refractivity (Wildman–Crippen MR) is 105 cm³/mol. The summed E-state index contributed by atoms with van der Waals surface area (Å²) in [5.41, 5.74) is 2.36. The summed E-state index contributed by atoms with van der Waals surface area (Å²) in [7, 11) is 0. The molecule has 138 valence electrons. The van der Waals surface area contributed by atoms with Crippen molar-refractivity contribution in [2.75, 3.05) is 13.1 Å². The van der Waals surface area contributed by atoms with Gasteiger partial charge in [-0.2, -0.15) is 5.26 Å². The molecule has 2 amide bonds. The molecule has 0 aromatic heterocycles. The van der Waals surface area contributed by atoms with Gasteiger partial charge >= 0.3 is 0 Å². The molecule has 0 spiro atoms. The van der Waals surface area contributed by atoms with Gasteiger partial charge in [-0.15, -0.1) is 11.8 Å². The zero-order valence-corrected chi connectivity index (χ0v) is 15.7. The summed E-state index contributed by atoms with van der Waals surface area (Å²) < 4.78 is 0. The van der Waals surface area contributed by atoms with Crippen molar-refractivity contribution in [1.29, 1.82) is 5.26 Å². The Kier molecular flexibility index (Phi) is 6.50. The van der Waals surface area contributed by atoms with Crippen LogP contribution < -0.4 is 10.6 Å². The molecule has 3 rings (SSSR count). The number of hydrogen-bond donors (Lipinski definition) is 2. The Balaban J connectivity index is 1.51. The average molecular weight is 379 g/mol. The zero-order valence-electron chi connectivity index (χ0n) is 14.9. The fourth-order valence-corrected chi connectivity index (χ4v) is 3.57. The monoisotopic (exact) mass is 379 g/mol. The Hall–Kier alpha value is -2.78. The molecule has 1 fully saturated rings. The summed E-state index contributed by atoms with van der Waals surface area (Å²) in [4.78, 5) is 25.0. The summed E-state index contributed by atoms with van der Waals surface area (Å²) in [6.07, 6.45) is 1.95. The minimum atomic E-state index is -0.140. The lowest BCUT2D eigenvalue weighted by molar-refractivity contribution is -0.122. The number of hydrogen-bond acceptors (Lipinski definition) is 4. The van der Waals surface area contributed by atoms with Gasteiger partial charge in [0, 0.05) is 29.7 Å². The largest absolute Gasteiger partial charge is 0.354 e. The minimum absolute atomic E-state index is 0.0858. The third kappa shape index (κ3) is 5.60. The minimum Gasteiger partial charge on any atom is -0.354 e. The maximum Gasteiger partial charge on any atom is 0.252 e. The normalized spacial score (nSPS) is 12.9. The Labute approximate surface area is 163 Å². The first-order valence-corrected chi connectivity index (χ1v) is 9.92. The van der Waals surface area contributed by atoms with Crippen LogP contribution in [-0.2, 0) is 10.5 Å². The average Bonchev–Trinajstić information content (AvgIpc) is 3.55. The van der Waals surface area contributed by atoms with Crippen molar-refractivity contribution < 1.29 is 9.59 Å². The Morgan fingerprint density at radius 3 is 2.44 bits per heavy atom. The number of benzene rings is 2. The van der Waals surface area contributed by atoms with Crippen LogP contribution >= 0.6 is 11.8 Å². The summed E-state index contributed by atoms with van der Waals surface area (Å²) in [5, 5.41) is 14.6. The molecular formula is C21H21N3O2S. The van der Waals surface area contributed by atoms with Gasteiger partial charge in [0.05, 0.1) is 17.2 Å². The molecule has 0 bridgehead atoms. The van der Waals surface area contributed by atoms with E-state index in [1.807, 2.05) is 30.3 Å². The molecule has 1 aliphatic carbocycles. The van der Waals surface area contributed by atoms with Crippen LogP contribution in [0.4, 0.5) is 0 Å². The van der Waals surface area contributed by atoms with Crippen molar-refractivity contribution in [2.45, 2.75) is 23.5 Å². The van der Waals surface area contributed by atoms with E-state index in [2.05, 4.69) is 16.7 Å². The van der Waals surface area contributed by atoms with Crippen LogP contribution in [0.3, 0.4) is 0 Å². The molecule has 0 unspecified atom stereocenters. The Morgan fingerprint density at radius 2 is 1.74 bits per heavy atom. The number of carbonyl (C=O) groups is 2. The van der Waals surface area contributed by atoms with Gasteiger partial charge in [0.2, 0.25) is 5.91 Å². The van der Waals surface area contributed by atoms with Crippen molar-refractivity contribution in [1.82, 2.24) is 10.6 Å². The molecular weight excluding hydrogens is 358 g/mol. The topological polar surface area (TPSA) is 82.0 Å². The van der Waals surface area contributed by atoms with E-state index in [4.69, 9.17) is 5.26 Å². The highest BCUT2D eigenvalue weighted by molar-refractivity contribution is 7.98. The molecule has 27 heavy (non-hydrogen) atoms. The van der Waals surface area contributed by atoms with Crippen LogP contribution in [0, 0.1) is 17.2 Å². The van der Waals surface area contributed by atoms with Gasteiger partial charge in [-0.05, 0) is 42.7 Å². The quantitative estimate of drug-likeness (QED) is 0.545. The van der Waals surface area contributed by atoms with E-state index in [-0.39, 0.29) is 17.7 Å². The number of carbonyl (C=O) groups excluding carboxylic acids is 2. The van der Waals surface area contributed by atoms with Crippen molar-refractivity contribution in [3.05, 3.63) is 65.2 Å². The second kappa shape index (κ2) is 9.24. The van der Waals surface area contributed by atoms with E-state index >= 15 is 0 Å². The molecule has 0 aliphatic heterocycles. The van der Waals surface area contributed by atoms with Gasteiger partial charge in [0.25, 0.3) is 5.91 Å². The number of nitriles is 1. The smallest absolute Gasteiger partial charge is 0.252 e. The van der Waals surface area contributed by atoms with Crippen molar-refractivity contribution in [3.8, 4) is 6.07 Å². The summed E-state index contributed by atoms with van der Waals surface area (Å²) in [6, 6.07) is 17.0. The third-order valence-corrected chi connectivity index (χ3v) is 5.41. The third-order valence-electron chi connectivity index (χ3n) is 4.27. The molecule has 2 aromatic rings. The van der Waals surface area contributed by atoms with Crippen LogP contribution in [0.2, 0.25) is 0 Å². The molecule has 0 atom stereocenters. The number of rotatable bonds is 8. The summed E-state index contributed by atoms with van der Waals surface area (Å²) >= 11 is 1.58. The van der Waals surface area contributed by atoms with Crippen LogP contribution in [0.1, 0.15) is 34.3 Å². The van der Waals surface area contributed by atoms with Gasteiger partial charge < -0.3 is 10.6 Å². The molecule has 2 N–H and O–H groups in total. The van der Waals surface area contributed by atoms with Gasteiger partial charge in [-0.25, -0.2) is 0 Å². The first-order chi connectivity index (χ1) is 13.2. The van der Waals surface area contributed by atoms with Gasteiger partial charge in [-0.1, -0.05) is 24.3 Å². The molecule has 2 aromatic carbocycles. The van der Waals surface area contributed by atoms with Gasteiger partial charge in [0.15, 0.2) is 0 Å². The van der Waals surface area contributed by atoms with Crippen LogP contribution in [0.5, 0.6) is 0 Å². The second-order valence-corrected chi connectivity index (χ2v) is 7.43. The maximum absolute atomic E-state index is 12.5. The Bertz CT molecular complexity index is 854.